The summed E-state index contributed by atoms with van der Waals surface area (Å²) in [5, 5.41) is 44.5. The third-order valence-electron chi connectivity index (χ3n) is 12.9. The molecule has 4 N–H and O–H groups in total. The summed E-state index contributed by atoms with van der Waals surface area (Å²) in [6.45, 7) is 4.03. The first-order valence-corrected chi connectivity index (χ1v) is 17.4. The van der Waals surface area contributed by atoms with Crippen molar-refractivity contribution >= 4 is 22.8 Å². The van der Waals surface area contributed by atoms with Gasteiger partial charge in [-0.05, 0) is 120 Å². The Kier molecular flexibility index (Phi) is 7.44. The number of rotatable bonds is 6. The molecule has 8 heteroatoms. The molecule has 8 rings (SSSR count). The van der Waals surface area contributed by atoms with E-state index in [9.17, 15) is 24.5 Å². The number of amides is 1. The largest absolute Gasteiger partial charge is 0.394 e. The number of hydrogen-bond donors (Lipinski definition) is 4. The molecule has 0 aliphatic heterocycles. The molecular weight excluding hydrogens is 605 g/mol. The number of aliphatic hydroxyl groups is 3. The molecule has 0 bridgehead atoms. The number of halogens is 1. The van der Waals surface area contributed by atoms with Crippen LogP contribution in [0.15, 0.2) is 78.5 Å². The van der Waals surface area contributed by atoms with Gasteiger partial charge in [0.05, 0.1) is 36.3 Å². The molecule has 4 aliphatic rings. The summed E-state index contributed by atoms with van der Waals surface area (Å²) in [4.78, 5) is 14.0. The molecule has 1 aromatic heterocycles. The number of hydrogen-bond acceptors (Lipinski definition) is 5. The molecule has 8 atom stereocenters. The summed E-state index contributed by atoms with van der Waals surface area (Å²) in [6, 6.07) is 20.1. The number of nitrogens with one attached hydrogen (secondary N) is 1. The number of allylic oxidation sites excluding steroid dienone is 1. The fourth-order valence-electron chi connectivity index (χ4n) is 10.5. The standard InChI is InChI=1S/C40H44FN3O4/c1-38-20-27-22-42-44(31-12-10-29(41)11-13-31)34(27)19-28(38)9-14-32-33-15-16-40(48,39(33,2)21-35(46)36(32)38)37(47)43-30(23-45)18-24-7-8-25-5-3-4-6-26(25)17-24/h3-8,10-13,17,19,22,30,32-33,35-36,45-46,48H,9,14-16,18,20-21,23H2,1-2H3,(H,43,47)/t30-,32?,33?,35+,36?,38?,39?,40+/m1/s1. The fourth-order valence-corrected chi connectivity index (χ4v) is 10.5. The van der Waals surface area contributed by atoms with E-state index in [1.807, 2.05) is 48.1 Å². The Labute approximate surface area is 280 Å². The highest BCUT2D eigenvalue weighted by Gasteiger charge is 2.68. The van der Waals surface area contributed by atoms with Crippen LogP contribution in [0, 0.1) is 34.4 Å². The van der Waals surface area contributed by atoms with Crippen LogP contribution in [0.2, 0.25) is 0 Å². The van der Waals surface area contributed by atoms with Gasteiger partial charge in [-0.15, -0.1) is 0 Å². The summed E-state index contributed by atoms with van der Waals surface area (Å²) in [5.74, 6) is -0.510. The molecule has 3 aromatic carbocycles. The summed E-state index contributed by atoms with van der Waals surface area (Å²) < 4.78 is 15.5. The number of aliphatic hydroxyl groups excluding tert-OH is 2. The molecule has 3 saturated carbocycles. The Morgan fingerprint density at radius 1 is 1.08 bits per heavy atom. The van der Waals surface area contributed by atoms with Crippen molar-refractivity contribution in [1.29, 1.82) is 0 Å². The van der Waals surface area contributed by atoms with Crippen molar-refractivity contribution in [2.75, 3.05) is 6.61 Å². The highest BCUT2D eigenvalue weighted by Crippen LogP contribution is 2.67. The molecular formula is C40H44FN3O4. The lowest BCUT2D eigenvalue weighted by Gasteiger charge is -2.60. The van der Waals surface area contributed by atoms with Crippen LogP contribution in [0.5, 0.6) is 0 Å². The second kappa shape index (κ2) is 11.4. The van der Waals surface area contributed by atoms with Gasteiger partial charge >= 0.3 is 0 Å². The van der Waals surface area contributed by atoms with Crippen molar-refractivity contribution in [2.24, 2.45) is 28.6 Å². The van der Waals surface area contributed by atoms with Gasteiger partial charge in [-0.3, -0.25) is 4.79 Å². The number of carbonyl (C=O) groups is 1. The maximum Gasteiger partial charge on any atom is 0.252 e. The number of fused-ring (bicyclic) bond motifs is 7. The Hall–Kier alpha value is -3.85. The molecule has 1 amide bonds. The van der Waals surface area contributed by atoms with Crippen molar-refractivity contribution in [1.82, 2.24) is 15.1 Å². The van der Waals surface area contributed by atoms with Crippen LogP contribution < -0.4 is 5.32 Å². The van der Waals surface area contributed by atoms with Crippen LogP contribution in [-0.2, 0) is 17.6 Å². The predicted octanol–water partition coefficient (Wildman–Crippen LogP) is 5.77. The second-order valence-electron chi connectivity index (χ2n) is 15.4. The first kappa shape index (κ1) is 31.4. The van der Waals surface area contributed by atoms with E-state index in [0.29, 0.717) is 25.7 Å². The van der Waals surface area contributed by atoms with E-state index < -0.39 is 29.1 Å². The van der Waals surface area contributed by atoms with E-state index in [2.05, 4.69) is 35.5 Å². The molecule has 4 aromatic rings. The smallest absolute Gasteiger partial charge is 0.252 e. The first-order chi connectivity index (χ1) is 23.0. The van der Waals surface area contributed by atoms with Crippen LogP contribution in [0.1, 0.15) is 62.8 Å². The van der Waals surface area contributed by atoms with E-state index in [1.165, 1.54) is 17.7 Å². The molecule has 5 unspecified atom stereocenters. The van der Waals surface area contributed by atoms with Gasteiger partial charge in [-0.1, -0.05) is 61.9 Å². The molecule has 4 aliphatic carbocycles. The summed E-state index contributed by atoms with van der Waals surface area (Å²) in [6.07, 6.45) is 7.76. The predicted molar refractivity (Wildman–Crippen MR) is 183 cm³/mol. The minimum absolute atomic E-state index is 0.0126. The minimum atomic E-state index is -1.65. The first-order valence-electron chi connectivity index (χ1n) is 17.4. The van der Waals surface area contributed by atoms with E-state index in [4.69, 9.17) is 0 Å². The van der Waals surface area contributed by atoms with Crippen molar-refractivity contribution < 1.29 is 24.5 Å². The number of benzene rings is 3. The van der Waals surface area contributed by atoms with E-state index >= 15 is 0 Å². The molecule has 48 heavy (non-hydrogen) atoms. The zero-order valence-corrected chi connectivity index (χ0v) is 27.6. The van der Waals surface area contributed by atoms with Gasteiger partial charge in [0.1, 0.15) is 11.4 Å². The Bertz CT molecular complexity index is 1920. The van der Waals surface area contributed by atoms with Crippen LogP contribution in [-0.4, -0.2) is 55.4 Å². The van der Waals surface area contributed by atoms with Gasteiger partial charge < -0.3 is 20.6 Å². The molecule has 250 valence electrons. The van der Waals surface area contributed by atoms with Crippen molar-refractivity contribution in [2.45, 2.75) is 76.5 Å². The van der Waals surface area contributed by atoms with E-state index in [0.717, 1.165) is 52.5 Å². The number of aromatic nitrogens is 2. The SMILES string of the molecule is CC12Cc3cnn(-c4ccc(F)cc4)c3C=C1CCC1C2[C@@H](O)CC2(C)C1CC[C@]2(O)C(=O)N[C@@H](CO)Cc1ccc2ccccc2c1. The Balaban J connectivity index is 1.03. The fraction of sp³-hybridized carbons (Fsp3) is 0.450. The second-order valence-corrected chi connectivity index (χ2v) is 15.4. The third-order valence-corrected chi connectivity index (χ3v) is 12.9. The molecule has 3 fully saturated rings. The lowest BCUT2D eigenvalue weighted by atomic mass is 9.45. The summed E-state index contributed by atoms with van der Waals surface area (Å²) in [7, 11) is 0. The van der Waals surface area contributed by atoms with Crippen molar-refractivity contribution in [3.05, 3.63) is 101 Å². The van der Waals surface area contributed by atoms with Gasteiger partial charge in [-0.25, -0.2) is 9.07 Å². The molecule has 7 nitrogen and oxygen atoms in total. The maximum absolute atomic E-state index is 14.0. The van der Waals surface area contributed by atoms with Crippen LogP contribution in [0.4, 0.5) is 4.39 Å². The zero-order valence-electron chi connectivity index (χ0n) is 27.6. The topological polar surface area (TPSA) is 108 Å². The summed E-state index contributed by atoms with van der Waals surface area (Å²) in [5.41, 5.74) is 2.51. The van der Waals surface area contributed by atoms with Gasteiger partial charge in [0.2, 0.25) is 0 Å². The molecule has 0 radical (unpaired) electrons. The zero-order chi connectivity index (χ0) is 33.4. The Morgan fingerprint density at radius 3 is 2.62 bits per heavy atom. The lowest BCUT2D eigenvalue weighted by molar-refractivity contribution is -0.181. The highest BCUT2D eigenvalue weighted by molar-refractivity contribution is 5.87. The summed E-state index contributed by atoms with van der Waals surface area (Å²) >= 11 is 0. The van der Waals surface area contributed by atoms with E-state index in [1.54, 1.807) is 12.1 Å². The van der Waals surface area contributed by atoms with Crippen LogP contribution in [0.25, 0.3) is 22.5 Å². The van der Waals surface area contributed by atoms with Gasteiger partial charge in [0, 0.05) is 5.41 Å². The van der Waals surface area contributed by atoms with Crippen LogP contribution in [0.3, 0.4) is 0 Å². The average molecular weight is 650 g/mol. The van der Waals surface area contributed by atoms with Gasteiger partial charge in [0.15, 0.2) is 0 Å². The molecule has 0 spiro atoms. The van der Waals surface area contributed by atoms with Gasteiger partial charge in [0.25, 0.3) is 5.91 Å². The number of carbonyl (C=O) groups excluding carboxylic acids is 1. The lowest BCUT2D eigenvalue weighted by Crippen LogP contribution is -2.64. The Morgan fingerprint density at radius 2 is 1.85 bits per heavy atom. The van der Waals surface area contributed by atoms with Gasteiger partial charge in [-0.2, -0.15) is 5.10 Å². The normalized spacial score (nSPS) is 32.8. The molecule has 1 heterocycles. The quantitative estimate of drug-likeness (QED) is 0.212. The van der Waals surface area contributed by atoms with Crippen molar-refractivity contribution in [3.63, 3.8) is 0 Å². The highest BCUT2D eigenvalue weighted by atomic mass is 19.1. The monoisotopic (exact) mass is 649 g/mol. The minimum Gasteiger partial charge on any atom is -0.394 e. The number of nitrogens with zero attached hydrogens (tertiary/aromatic N) is 2. The third kappa shape index (κ3) is 4.71. The average Bonchev–Trinajstić information content (AvgIpc) is 3.60. The van der Waals surface area contributed by atoms with Crippen LogP contribution >= 0.6 is 0 Å². The molecule has 0 saturated heterocycles. The maximum atomic E-state index is 14.0. The van der Waals surface area contributed by atoms with Crippen molar-refractivity contribution in [3.8, 4) is 5.69 Å². The van der Waals surface area contributed by atoms with E-state index in [-0.39, 0.29) is 35.6 Å².